The number of ether oxygens (including phenoxy) is 2. The first-order chi connectivity index (χ1) is 9.04. The quantitative estimate of drug-likeness (QED) is 0.925. The van der Waals surface area contributed by atoms with Crippen LogP contribution in [0.4, 0.5) is 0 Å². The number of nitrogens with one attached hydrogen (secondary N) is 1. The molecule has 1 amide bonds. The van der Waals surface area contributed by atoms with Crippen molar-refractivity contribution in [2.24, 2.45) is 0 Å². The van der Waals surface area contributed by atoms with Gasteiger partial charge < -0.3 is 14.8 Å². The summed E-state index contributed by atoms with van der Waals surface area (Å²) in [7, 11) is 1.56. The number of rotatable bonds is 4. The highest BCUT2D eigenvalue weighted by molar-refractivity contribution is 9.10. The maximum Gasteiger partial charge on any atom is 0.255 e. The standard InChI is InChI=1S/C14H18BrNO3/c1-14(6-3-7-19-14)9-16-13(17)11-5-4-10(15)8-12(11)18-2/h4-5,8H,3,6-7,9H2,1-2H3,(H,16,17). The molecular formula is C14H18BrNO3. The minimum Gasteiger partial charge on any atom is -0.496 e. The summed E-state index contributed by atoms with van der Waals surface area (Å²) in [5, 5.41) is 2.92. The van der Waals surface area contributed by atoms with Crippen LogP contribution in [0.1, 0.15) is 30.1 Å². The normalized spacial score (nSPS) is 22.3. The molecule has 1 saturated heterocycles. The van der Waals surface area contributed by atoms with Crippen molar-refractivity contribution in [3.63, 3.8) is 0 Å². The first-order valence-electron chi connectivity index (χ1n) is 6.30. The Morgan fingerprint density at radius 1 is 1.58 bits per heavy atom. The summed E-state index contributed by atoms with van der Waals surface area (Å²) in [5.41, 5.74) is 0.297. The van der Waals surface area contributed by atoms with Gasteiger partial charge in [-0.3, -0.25) is 4.79 Å². The minimum atomic E-state index is -0.238. The van der Waals surface area contributed by atoms with E-state index in [4.69, 9.17) is 9.47 Å². The molecule has 0 saturated carbocycles. The first kappa shape index (κ1) is 14.3. The van der Waals surface area contributed by atoms with Crippen molar-refractivity contribution in [3.05, 3.63) is 28.2 Å². The highest BCUT2D eigenvalue weighted by Gasteiger charge is 2.30. The summed E-state index contributed by atoms with van der Waals surface area (Å²) in [4.78, 5) is 12.2. The van der Waals surface area contributed by atoms with Crippen molar-refractivity contribution in [1.82, 2.24) is 5.32 Å². The number of halogens is 1. The Bertz CT molecular complexity index is 470. The Labute approximate surface area is 121 Å². The summed E-state index contributed by atoms with van der Waals surface area (Å²) in [5.74, 6) is 0.422. The molecule has 0 aromatic heterocycles. The van der Waals surface area contributed by atoms with E-state index in [1.165, 1.54) is 0 Å². The van der Waals surface area contributed by atoms with E-state index in [-0.39, 0.29) is 11.5 Å². The number of carbonyl (C=O) groups is 1. The van der Waals surface area contributed by atoms with Gasteiger partial charge in [-0.25, -0.2) is 0 Å². The zero-order valence-corrected chi connectivity index (χ0v) is 12.7. The predicted molar refractivity (Wildman–Crippen MR) is 76.6 cm³/mol. The SMILES string of the molecule is COc1cc(Br)ccc1C(=O)NCC1(C)CCCO1. The number of hydrogen-bond donors (Lipinski definition) is 1. The molecule has 4 nitrogen and oxygen atoms in total. The Kier molecular flexibility index (Phi) is 4.47. The second kappa shape index (κ2) is 5.92. The molecule has 1 N–H and O–H groups in total. The second-order valence-corrected chi connectivity index (χ2v) is 5.84. The molecule has 0 bridgehead atoms. The van der Waals surface area contributed by atoms with Gasteiger partial charge in [0.1, 0.15) is 5.75 Å². The zero-order valence-electron chi connectivity index (χ0n) is 11.2. The van der Waals surface area contributed by atoms with Crippen molar-refractivity contribution < 1.29 is 14.3 Å². The Balaban J connectivity index is 2.03. The summed E-state index contributed by atoms with van der Waals surface area (Å²) in [6, 6.07) is 5.35. The van der Waals surface area contributed by atoms with Gasteiger partial charge in [-0.1, -0.05) is 15.9 Å². The van der Waals surface area contributed by atoms with Crippen LogP contribution in [0, 0.1) is 0 Å². The van der Waals surface area contributed by atoms with Crippen LogP contribution in [-0.2, 0) is 4.74 Å². The topological polar surface area (TPSA) is 47.6 Å². The Morgan fingerprint density at radius 2 is 2.37 bits per heavy atom. The lowest BCUT2D eigenvalue weighted by atomic mass is 10.0. The van der Waals surface area contributed by atoms with Gasteiger partial charge in [0, 0.05) is 17.6 Å². The van der Waals surface area contributed by atoms with Crippen LogP contribution in [0.25, 0.3) is 0 Å². The van der Waals surface area contributed by atoms with Crippen molar-refractivity contribution in [3.8, 4) is 5.75 Å². The van der Waals surface area contributed by atoms with Gasteiger partial charge in [-0.15, -0.1) is 0 Å². The van der Waals surface area contributed by atoms with Crippen LogP contribution in [0.5, 0.6) is 5.75 Å². The van der Waals surface area contributed by atoms with Crippen LogP contribution in [0.2, 0.25) is 0 Å². The molecule has 1 unspecified atom stereocenters. The molecule has 1 fully saturated rings. The third-order valence-electron chi connectivity index (χ3n) is 3.33. The first-order valence-corrected chi connectivity index (χ1v) is 7.09. The molecule has 0 spiro atoms. The fourth-order valence-corrected chi connectivity index (χ4v) is 2.53. The second-order valence-electron chi connectivity index (χ2n) is 4.93. The van der Waals surface area contributed by atoms with Crippen molar-refractivity contribution in [1.29, 1.82) is 0 Å². The molecule has 2 rings (SSSR count). The van der Waals surface area contributed by atoms with E-state index in [1.54, 1.807) is 19.2 Å². The molecule has 1 aromatic rings. The van der Waals surface area contributed by atoms with E-state index in [0.717, 1.165) is 23.9 Å². The van der Waals surface area contributed by atoms with Gasteiger partial charge in [0.25, 0.3) is 5.91 Å². The molecule has 1 heterocycles. The molecule has 1 atom stereocenters. The van der Waals surface area contributed by atoms with Crippen LogP contribution >= 0.6 is 15.9 Å². The fraction of sp³-hybridized carbons (Fsp3) is 0.500. The van der Waals surface area contributed by atoms with Crippen molar-refractivity contribution in [2.45, 2.75) is 25.4 Å². The van der Waals surface area contributed by atoms with Crippen LogP contribution < -0.4 is 10.1 Å². The lowest BCUT2D eigenvalue weighted by Crippen LogP contribution is -2.40. The molecule has 19 heavy (non-hydrogen) atoms. The average molecular weight is 328 g/mol. The molecular weight excluding hydrogens is 310 g/mol. The van der Waals surface area contributed by atoms with Gasteiger partial charge in [0.15, 0.2) is 0 Å². The van der Waals surface area contributed by atoms with E-state index in [1.807, 2.05) is 13.0 Å². The summed E-state index contributed by atoms with van der Waals surface area (Å²) >= 11 is 3.36. The van der Waals surface area contributed by atoms with Gasteiger partial charge in [0.2, 0.25) is 0 Å². The summed E-state index contributed by atoms with van der Waals surface area (Å²) < 4.78 is 11.8. The maximum atomic E-state index is 12.2. The number of amides is 1. The summed E-state index contributed by atoms with van der Waals surface area (Å²) in [6.45, 7) is 3.32. The van der Waals surface area contributed by atoms with E-state index in [9.17, 15) is 4.79 Å². The van der Waals surface area contributed by atoms with Crippen molar-refractivity contribution >= 4 is 21.8 Å². The third kappa shape index (κ3) is 3.48. The number of hydrogen-bond acceptors (Lipinski definition) is 3. The van der Waals surface area contributed by atoms with Gasteiger partial charge in [0.05, 0.1) is 18.3 Å². The summed E-state index contributed by atoms with van der Waals surface area (Å²) in [6.07, 6.45) is 2.03. The third-order valence-corrected chi connectivity index (χ3v) is 3.82. The molecule has 1 aromatic carbocycles. The van der Waals surface area contributed by atoms with Crippen LogP contribution in [-0.4, -0.2) is 31.8 Å². The highest BCUT2D eigenvalue weighted by Crippen LogP contribution is 2.25. The monoisotopic (exact) mass is 327 g/mol. The van der Waals surface area contributed by atoms with Gasteiger partial charge in [-0.2, -0.15) is 0 Å². The maximum absolute atomic E-state index is 12.2. The van der Waals surface area contributed by atoms with Crippen molar-refractivity contribution in [2.75, 3.05) is 20.3 Å². The Hall–Kier alpha value is -1.07. The Morgan fingerprint density at radius 3 is 3.00 bits per heavy atom. The molecule has 1 aliphatic rings. The molecule has 1 aliphatic heterocycles. The number of benzene rings is 1. The number of carbonyl (C=O) groups excluding carboxylic acids is 1. The fourth-order valence-electron chi connectivity index (χ4n) is 2.19. The smallest absolute Gasteiger partial charge is 0.255 e. The van der Waals surface area contributed by atoms with Gasteiger partial charge in [-0.05, 0) is 38.0 Å². The predicted octanol–water partition coefficient (Wildman–Crippen LogP) is 2.76. The van der Waals surface area contributed by atoms with Gasteiger partial charge >= 0.3 is 0 Å². The molecule has 0 radical (unpaired) electrons. The minimum absolute atomic E-state index is 0.138. The molecule has 104 valence electrons. The highest BCUT2D eigenvalue weighted by atomic mass is 79.9. The van der Waals surface area contributed by atoms with E-state index < -0.39 is 0 Å². The lowest BCUT2D eigenvalue weighted by molar-refractivity contribution is 0.0205. The number of methoxy groups -OCH3 is 1. The lowest BCUT2D eigenvalue weighted by Gasteiger charge is -2.23. The average Bonchev–Trinajstić information content (AvgIpc) is 2.83. The largest absolute Gasteiger partial charge is 0.496 e. The van der Waals surface area contributed by atoms with E-state index in [0.29, 0.717) is 17.9 Å². The van der Waals surface area contributed by atoms with Crippen LogP contribution in [0.15, 0.2) is 22.7 Å². The zero-order chi connectivity index (χ0) is 13.9. The molecule has 5 heteroatoms. The van der Waals surface area contributed by atoms with E-state index in [2.05, 4.69) is 21.2 Å². The van der Waals surface area contributed by atoms with E-state index >= 15 is 0 Å². The molecule has 0 aliphatic carbocycles. The van der Waals surface area contributed by atoms with Crippen LogP contribution in [0.3, 0.4) is 0 Å².